The number of hydrogen-bond acceptors (Lipinski definition) is 5. The molecule has 2 amide bonds. The van der Waals surface area contributed by atoms with Crippen molar-refractivity contribution >= 4 is 46.9 Å². The van der Waals surface area contributed by atoms with E-state index >= 15 is 0 Å². The molecule has 4 N–H and O–H groups in total. The van der Waals surface area contributed by atoms with Crippen LogP contribution in [0, 0.1) is 0 Å². The van der Waals surface area contributed by atoms with Crippen LogP contribution >= 0.6 is 11.8 Å². The molecule has 0 spiro atoms. The molecule has 9 heteroatoms. The Balaban J connectivity index is 1.70. The number of fused-ring (bicyclic) bond motifs is 1. The van der Waals surface area contributed by atoms with E-state index in [-0.39, 0.29) is 23.5 Å². The average molecular weight is 386 g/mol. The zero-order chi connectivity index (χ0) is 19.6. The maximum atomic E-state index is 12.2. The van der Waals surface area contributed by atoms with E-state index < -0.39 is 23.1 Å². The highest BCUT2D eigenvalue weighted by atomic mass is 32.2. The summed E-state index contributed by atoms with van der Waals surface area (Å²) in [5.74, 6) is -3.00. The van der Waals surface area contributed by atoms with E-state index in [0.29, 0.717) is 16.3 Å². The minimum atomic E-state index is -1.11. The Morgan fingerprint density at radius 2 is 1.74 bits per heavy atom. The summed E-state index contributed by atoms with van der Waals surface area (Å²) in [5.41, 5.74) is 0.939. The van der Waals surface area contributed by atoms with Gasteiger partial charge < -0.3 is 20.8 Å². The fourth-order valence-electron chi connectivity index (χ4n) is 2.52. The lowest BCUT2D eigenvalue weighted by molar-refractivity contribution is -0.120. The van der Waals surface area contributed by atoms with Crippen molar-refractivity contribution in [2.45, 2.75) is 16.6 Å². The van der Waals surface area contributed by atoms with Gasteiger partial charge >= 0.3 is 11.9 Å². The molecule has 0 aliphatic carbocycles. The molecule has 2 aromatic carbocycles. The predicted molar refractivity (Wildman–Crippen MR) is 98.3 cm³/mol. The summed E-state index contributed by atoms with van der Waals surface area (Å²) in [5, 5.41) is 22.6. The lowest BCUT2D eigenvalue weighted by atomic mass is 10.2. The number of nitrogens with one attached hydrogen (secondary N) is 2. The second-order valence-corrected chi connectivity index (χ2v) is 6.99. The van der Waals surface area contributed by atoms with Gasteiger partial charge in [0.15, 0.2) is 0 Å². The van der Waals surface area contributed by atoms with Gasteiger partial charge in [0.1, 0.15) is 0 Å². The summed E-state index contributed by atoms with van der Waals surface area (Å²) in [6, 6.07) is 10.1. The molecule has 3 rings (SSSR count). The number of carbonyl (C=O) groups excluding carboxylic acids is 2. The number of rotatable bonds is 5. The van der Waals surface area contributed by atoms with Gasteiger partial charge in [-0.3, -0.25) is 9.59 Å². The Labute approximate surface area is 157 Å². The monoisotopic (exact) mass is 386 g/mol. The van der Waals surface area contributed by atoms with Crippen LogP contribution in [0.3, 0.4) is 0 Å². The Kier molecular flexibility index (Phi) is 5.13. The first-order chi connectivity index (χ1) is 12.8. The molecule has 0 unspecified atom stereocenters. The number of aromatic carboxylic acids is 2. The zero-order valence-corrected chi connectivity index (χ0v) is 14.6. The number of carboxylic acid groups (broad SMARTS) is 2. The Bertz CT molecular complexity index is 959. The van der Waals surface area contributed by atoms with Crippen LogP contribution in [0.15, 0.2) is 47.4 Å². The number of anilines is 2. The van der Waals surface area contributed by atoms with E-state index in [4.69, 9.17) is 10.2 Å². The number of benzene rings is 2. The van der Waals surface area contributed by atoms with E-state index in [2.05, 4.69) is 10.6 Å². The van der Waals surface area contributed by atoms with Crippen molar-refractivity contribution in [3.8, 4) is 0 Å². The van der Waals surface area contributed by atoms with Crippen molar-refractivity contribution in [1.29, 1.82) is 0 Å². The fraction of sp³-hybridized carbons (Fsp3) is 0.111. The lowest BCUT2D eigenvalue weighted by Gasteiger charge is -2.24. The van der Waals surface area contributed by atoms with Crippen LogP contribution in [0.1, 0.15) is 27.1 Å². The third-order valence-corrected chi connectivity index (χ3v) is 5.07. The van der Waals surface area contributed by atoms with Crippen LogP contribution in [0.2, 0.25) is 0 Å². The molecule has 138 valence electrons. The summed E-state index contributed by atoms with van der Waals surface area (Å²) >= 11 is 1.11. The van der Waals surface area contributed by atoms with Gasteiger partial charge in [-0.05, 0) is 36.4 Å². The van der Waals surface area contributed by atoms with Crippen molar-refractivity contribution in [2.24, 2.45) is 0 Å². The lowest BCUT2D eigenvalue weighted by Crippen LogP contribution is -2.32. The number of amides is 2. The molecular formula is C18H14N2O6S. The van der Waals surface area contributed by atoms with Crippen molar-refractivity contribution in [3.63, 3.8) is 0 Å². The zero-order valence-electron chi connectivity index (χ0n) is 13.8. The summed E-state index contributed by atoms with van der Waals surface area (Å²) in [7, 11) is 0. The SMILES string of the molecule is O=C(C[C@@H]1Sc2cc(C(=O)O)ccc2NC1=O)Nc1cccc(C(=O)O)c1. The van der Waals surface area contributed by atoms with E-state index in [1.807, 2.05) is 0 Å². The second-order valence-electron chi connectivity index (χ2n) is 5.75. The molecule has 1 aliphatic rings. The number of carbonyl (C=O) groups is 4. The summed E-state index contributed by atoms with van der Waals surface area (Å²) in [4.78, 5) is 47.1. The fourth-order valence-corrected chi connectivity index (χ4v) is 3.67. The molecule has 1 atom stereocenters. The van der Waals surface area contributed by atoms with Crippen molar-refractivity contribution in [1.82, 2.24) is 0 Å². The normalized spacial score (nSPS) is 15.4. The molecule has 27 heavy (non-hydrogen) atoms. The van der Waals surface area contributed by atoms with Gasteiger partial charge in [0.05, 0.1) is 22.1 Å². The van der Waals surface area contributed by atoms with E-state index in [0.717, 1.165) is 11.8 Å². The molecular weight excluding hydrogens is 372 g/mol. The minimum absolute atomic E-state index is 0.0349. The van der Waals surface area contributed by atoms with E-state index in [1.165, 1.54) is 36.4 Å². The van der Waals surface area contributed by atoms with Gasteiger partial charge in [-0.15, -0.1) is 11.8 Å². The number of hydrogen-bond donors (Lipinski definition) is 4. The molecule has 0 radical (unpaired) electrons. The van der Waals surface area contributed by atoms with Gasteiger partial charge in [-0.1, -0.05) is 6.07 Å². The van der Waals surface area contributed by atoms with Gasteiger partial charge in [0, 0.05) is 17.0 Å². The quantitative estimate of drug-likeness (QED) is 0.620. The Morgan fingerprint density at radius 3 is 2.44 bits per heavy atom. The second kappa shape index (κ2) is 7.50. The standard InChI is InChI=1S/C18H14N2O6S/c21-15(19-11-3-1-2-9(6-11)17(23)24)8-14-16(22)20-12-5-4-10(18(25)26)7-13(12)27-14/h1-7,14H,8H2,(H,19,21)(H,20,22)(H,23,24)(H,25,26)/t14-/m0/s1. The highest BCUT2D eigenvalue weighted by Crippen LogP contribution is 2.37. The Morgan fingerprint density at radius 1 is 1.04 bits per heavy atom. The van der Waals surface area contributed by atoms with Crippen LogP contribution in [-0.2, 0) is 9.59 Å². The van der Waals surface area contributed by atoms with Gasteiger partial charge in [-0.25, -0.2) is 9.59 Å². The highest BCUT2D eigenvalue weighted by molar-refractivity contribution is 8.01. The van der Waals surface area contributed by atoms with Crippen LogP contribution in [-0.4, -0.2) is 39.2 Å². The first-order valence-corrected chi connectivity index (χ1v) is 8.69. The maximum Gasteiger partial charge on any atom is 0.335 e. The summed E-state index contributed by atoms with van der Waals surface area (Å²) in [6.45, 7) is 0. The van der Waals surface area contributed by atoms with Crippen LogP contribution in [0.4, 0.5) is 11.4 Å². The third kappa shape index (κ3) is 4.26. The summed E-state index contributed by atoms with van der Waals surface area (Å²) in [6.07, 6.45) is -0.148. The smallest absolute Gasteiger partial charge is 0.335 e. The molecule has 8 nitrogen and oxygen atoms in total. The minimum Gasteiger partial charge on any atom is -0.478 e. The predicted octanol–water partition coefficient (Wildman–Crippen LogP) is 2.52. The summed E-state index contributed by atoms with van der Waals surface area (Å²) < 4.78 is 0. The van der Waals surface area contributed by atoms with Gasteiger partial charge in [0.2, 0.25) is 11.8 Å². The van der Waals surface area contributed by atoms with Crippen molar-refractivity contribution in [3.05, 3.63) is 53.6 Å². The topological polar surface area (TPSA) is 133 Å². The maximum absolute atomic E-state index is 12.2. The average Bonchev–Trinajstić information content (AvgIpc) is 2.62. The third-order valence-electron chi connectivity index (χ3n) is 3.81. The number of carboxylic acids is 2. The van der Waals surface area contributed by atoms with Gasteiger partial charge in [0.25, 0.3) is 0 Å². The molecule has 0 aromatic heterocycles. The molecule has 0 bridgehead atoms. The molecule has 0 saturated heterocycles. The van der Waals surface area contributed by atoms with Crippen LogP contribution in [0.5, 0.6) is 0 Å². The van der Waals surface area contributed by atoms with Crippen LogP contribution in [0.25, 0.3) is 0 Å². The highest BCUT2D eigenvalue weighted by Gasteiger charge is 2.29. The Hall–Kier alpha value is -3.33. The number of thioether (sulfide) groups is 1. The van der Waals surface area contributed by atoms with Crippen molar-refractivity contribution in [2.75, 3.05) is 10.6 Å². The molecule has 1 heterocycles. The van der Waals surface area contributed by atoms with E-state index in [1.54, 1.807) is 6.07 Å². The molecule has 0 saturated carbocycles. The first kappa shape index (κ1) is 18.5. The van der Waals surface area contributed by atoms with Crippen molar-refractivity contribution < 1.29 is 29.4 Å². The molecule has 2 aromatic rings. The largest absolute Gasteiger partial charge is 0.478 e. The molecule has 1 aliphatic heterocycles. The first-order valence-electron chi connectivity index (χ1n) is 7.81. The van der Waals surface area contributed by atoms with Gasteiger partial charge in [-0.2, -0.15) is 0 Å². The van der Waals surface area contributed by atoms with Crippen LogP contribution < -0.4 is 10.6 Å². The molecule has 0 fully saturated rings. The van der Waals surface area contributed by atoms with E-state index in [9.17, 15) is 19.2 Å².